The molecule has 0 aliphatic carbocycles. The zero-order valence-corrected chi connectivity index (χ0v) is 16.5. The van der Waals surface area contributed by atoms with Crippen molar-refractivity contribution in [2.24, 2.45) is 5.10 Å². The maximum absolute atomic E-state index is 12.8. The predicted molar refractivity (Wildman–Crippen MR) is 104 cm³/mol. The topological polar surface area (TPSA) is 90.8 Å². The van der Waals surface area contributed by atoms with Crippen LogP contribution in [0.25, 0.3) is 0 Å². The average molecular weight is 487 g/mol. The molecule has 3 N–H and O–H groups in total. The quantitative estimate of drug-likeness (QED) is 0.427. The molecule has 0 unspecified atom stereocenters. The third-order valence-corrected chi connectivity index (χ3v) is 4.36. The Morgan fingerprint density at radius 1 is 1.08 bits per heavy atom. The SMILES string of the molecule is O=C(CCC(=O)Nc1ccc(F)cc1)NN=Cc1cc(Br)c(O)c(Br)c1. The van der Waals surface area contributed by atoms with Crippen molar-refractivity contribution in [3.63, 3.8) is 0 Å². The average Bonchev–Trinajstić information content (AvgIpc) is 2.60. The number of hydrazone groups is 1. The molecule has 0 radical (unpaired) electrons. The molecule has 0 aliphatic heterocycles. The summed E-state index contributed by atoms with van der Waals surface area (Å²) in [6.45, 7) is 0. The van der Waals surface area contributed by atoms with E-state index in [9.17, 15) is 19.1 Å². The maximum Gasteiger partial charge on any atom is 0.240 e. The number of hydrogen-bond acceptors (Lipinski definition) is 4. The van der Waals surface area contributed by atoms with Gasteiger partial charge in [-0.2, -0.15) is 5.10 Å². The molecule has 0 atom stereocenters. The molecule has 0 bridgehead atoms. The van der Waals surface area contributed by atoms with Gasteiger partial charge < -0.3 is 10.4 Å². The molecule has 0 fully saturated rings. The van der Waals surface area contributed by atoms with Crippen LogP contribution in [0.2, 0.25) is 0 Å². The summed E-state index contributed by atoms with van der Waals surface area (Å²) in [7, 11) is 0. The third kappa shape index (κ3) is 6.23. The number of carbonyl (C=O) groups is 2. The van der Waals surface area contributed by atoms with Crippen LogP contribution in [-0.2, 0) is 9.59 Å². The first kappa shape index (κ1) is 20.1. The number of nitrogens with one attached hydrogen (secondary N) is 2. The van der Waals surface area contributed by atoms with Gasteiger partial charge in [-0.3, -0.25) is 9.59 Å². The van der Waals surface area contributed by atoms with Crippen molar-refractivity contribution in [3.8, 4) is 5.75 Å². The van der Waals surface area contributed by atoms with E-state index in [4.69, 9.17) is 0 Å². The highest BCUT2D eigenvalue weighted by atomic mass is 79.9. The van der Waals surface area contributed by atoms with Crippen LogP contribution >= 0.6 is 31.9 Å². The fraction of sp³-hybridized carbons (Fsp3) is 0.118. The van der Waals surface area contributed by atoms with Crippen molar-refractivity contribution in [1.29, 1.82) is 0 Å². The minimum atomic E-state index is -0.424. The normalized spacial score (nSPS) is 10.7. The Morgan fingerprint density at radius 2 is 1.65 bits per heavy atom. The summed E-state index contributed by atoms with van der Waals surface area (Å²) in [5.74, 6) is -1.11. The van der Waals surface area contributed by atoms with Gasteiger partial charge in [0.15, 0.2) is 0 Å². The van der Waals surface area contributed by atoms with E-state index in [1.165, 1.54) is 30.5 Å². The number of amides is 2. The van der Waals surface area contributed by atoms with Crippen LogP contribution in [0.1, 0.15) is 18.4 Å². The van der Waals surface area contributed by atoms with Crippen molar-refractivity contribution < 1.29 is 19.1 Å². The number of hydrogen-bond donors (Lipinski definition) is 3. The van der Waals surface area contributed by atoms with Crippen molar-refractivity contribution >= 4 is 55.6 Å². The zero-order chi connectivity index (χ0) is 19.1. The monoisotopic (exact) mass is 485 g/mol. The lowest BCUT2D eigenvalue weighted by Crippen LogP contribution is -2.20. The second-order valence-electron chi connectivity index (χ2n) is 5.18. The Bertz CT molecular complexity index is 819. The van der Waals surface area contributed by atoms with E-state index in [-0.39, 0.29) is 24.5 Å². The van der Waals surface area contributed by atoms with Gasteiger partial charge in [-0.25, -0.2) is 9.82 Å². The van der Waals surface area contributed by atoms with Gasteiger partial charge in [-0.15, -0.1) is 0 Å². The first-order valence-corrected chi connectivity index (χ1v) is 8.99. The fourth-order valence-electron chi connectivity index (χ4n) is 1.88. The summed E-state index contributed by atoms with van der Waals surface area (Å²) in [5, 5.41) is 16.0. The molecule has 0 saturated carbocycles. The van der Waals surface area contributed by atoms with Crippen LogP contribution in [0.4, 0.5) is 10.1 Å². The number of halogens is 3. The van der Waals surface area contributed by atoms with E-state index in [1.807, 2.05) is 0 Å². The van der Waals surface area contributed by atoms with E-state index < -0.39 is 11.7 Å². The van der Waals surface area contributed by atoms with Crippen LogP contribution in [0.3, 0.4) is 0 Å². The highest BCUT2D eigenvalue weighted by molar-refractivity contribution is 9.11. The van der Waals surface area contributed by atoms with Gasteiger partial charge in [0, 0.05) is 18.5 Å². The summed E-state index contributed by atoms with van der Waals surface area (Å²) < 4.78 is 13.8. The van der Waals surface area contributed by atoms with Crippen LogP contribution in [-0.4, -0.2) is 23.1 Å². The van der Waals surface area contributed by atoms with Crippen molar-refractivity contribution in [1.82, 2.24) is 5.43 Å². The molecule has 0 heterocycles. The molecular weight excluding hydrogens is 473 g/mol. The third-order valence-electron chi connectivity index (χ3n) is 3.15. The van der Waals surface area contributed by atoms with E-state index >= 15 is 0 Å². The number of nitrogens with zero attached hydrogens (tertiary/aromatic N) is 1. The van der Waals surface area contributed by atoms with Crippen molar-refractivity contribution in [2.45, 2.75) is 12.8 Å². The zero-order valence-electron chi connectivity index (χ0n) is 13.3. The smallest absolute Gasteiger partial charge is 0.240 e. The Hall–Kier alpha value is -2.26. The van der Waals surface area contributed by atoms with Gasteiger partial charge in [0.1, 0.15) is 11.6 Å². The van der Waals surface area contributed by atoms with E-state index in [0.29, 0.717) is 20.2 Å². The first-order valence-electron chi connectivity index (χ1n) is 7.40. The lowest BCUT2D eigenvalue weighted by molar-refractivity contribution is -0.124. The van der Waals surface area contributed by atoms with Gasteiger partial charge in [0.05, 0.1) is 15.2 Å². The summed E-state index contributed by atoms with van der Waals surface area (Å²) in [6.07, 6.45) is 1.33. The number of phenols is 1. The number of benzene rings is 2. The molecule has 136 valence electrons. The highest BCUT2D eigenvalue weighted by Gasteiger charge is 2.07. The van der Waals surface area contributed by atoms with Crippen LogP contribution < -0.4 is 10.7 Å². The molecule has 9 heteroatoms. The minimum absolute atomic E-state index is 0.0327. The Kier molecular flexibility index (Phi) is 7.28. The fourth-order valence-corrected chi connectivity index (χ4v) is 3.10. The van der Waals surface area contributed by atoms with Gasteiger partial charge in [0.2, 0.25) is 11.8 Å². The molecule has 2 aromatic rings. The van der Waals surface area contributed by atoms with E-state index in [1.54, 1.807) is 12.1 Å². The number of phenolic OH excluding ortho intramolecular Hbond substituents is 1. The summed E-state index contributed by atoms with van der Waals surface area (Å²) >= 11 is 6.39. The van der Waals surface area contributed by atoms with Crippen LogP contribution in [0.15, 0.2) is 50.4 Å². The molecule has 0 saturated heterocycles. The molecule has 2 amide bonds. The molecule has 0 aromatic heterocycles. The largest absolute Gasteiger partial charge is 0.506 e. The number of anilines is 1. The lowest BCUT2D eigenvalue weighted by Gasteiger charge is -2.05. The maximum atomic E-state index is 12.8. The summed E-state index contributed by atoms with van der Waals surface area (Å²) in [5.41, 5.74) is 3.42. The Morgan fingerprint density at radius 3 is 2.27 bits per heavy atom. The second kappa shape index (κ2) is 9.44. The molecule has 2 rings (SSSR count). The first-order chi connectivity index (χ1) is 12.3. The molecule has 26 heavy (non-hydrogen) atoms. The predicted octanol–water partition coefficient (Wildman–Crippen LogP) is 3.93. The lowest BCUT2D eigenvalue weighted by atomic mass is 10.2. The minimum Gasteiger partial charge on any atom is -0.506 e. The van der Waals surface area contributed by atoms with E-state index in [2.05, 4.69) is 47.7 Å². The molecule has 0 spiro atoms. The van der Waals surface area contributed by atoms with E-state index in [0.717, 1.165) is 0 Å². The standard InChI is InChI=1S/C17H14Br2FN3O3/c18-13-7-10(8-14(19)17(13)26)9-21-23-16(25)6-5-15(24)22-12-3-1-11(20)2-4-12/h1-4,7-9,26H,5-6H2,(H,22,24)(H,23,25). The van der Waals surface area contributed by atoms with Crippen molar-refractivity contribution in [2.75, 3.05) is 5.32 Å². The molecule has 0 aliphatic rings. The highest BCUT2D eigenvalue weighted by Crippen LogP contribution is 2.32. The summed E-state index contributed by atoms with van der Waals surface area (Å²) in [6, 6.07) is 8.60. The van der Waals surface area contributed by atoms with Gasteiger partial charge in [0.25, 0.3) is 0 Å². The number of carbonyl (C=O) groups excluding carboxylic acids is 2. The Labute approximate surface area is 165 Å². The second-order valence-corrected chi connectivity index (χ2v) is 6.89. The van der Waals surface area contributed by atoms with Gasteiger partial charge in [-0.05, 0) is 73.8 Å². The van der Waals surface area contributed by atoms with Crippen LogP contribution in [0.5, 0.6) is 5.75 Å². The molecular formula is C17H14Br2FN3O3. The molecule has 2 aromatic carbocycles. The Balaban J connectivity index is 1.78. The molecule has 6 nitrogen and oxygen atoms in total. The van der Waals surface area contributed by atoms with Gasteiger partial charge >= 0.3 is 0 Å². The number of rotatable bonds is 6. The van der Waals surface area contributed by atoms with Crippen LogP contribution in [0, 0.1) is 5.82 Å². The van der Waals surface area contributed by atoms with Crippen molar-refractivity contribution in [3.05, 3.63) is 56.7 Å². The number of aromatic hydroxyl groups is 1. The van der Waals surface area contributed by atoms with Gasteiger partial charge in [-0.1, -0.05) is 0 Å². The summed E-state index contributed by atoms with van der Waals surface area (Å²) in [4.78, 5) is 23.5.